The van der Waals surface area contributed by atoms with Gasteiger partial charge in [0.25, 0.3) is 0 Å². The van der Waals surface area contributed by atoms with Gasteiger partial charge < -0.3 is 9.05 Å². The van der Waals surface area contributed by atoms with E-state index in [0.717, 1.165) is 11.5 Å². The summed E-state index contributed by atoms with van der Waals surface area (Å²) in [5.41, 5.74) is 11.8. The number of hydrogen-bond acceptors (Lipinski definition) is 2. The quantitative estimate of drug-likeness (QED) is 0.364. The van der Waals surface area contributed by atoms with Crippen LogP contribution in [0.25, 0.3) is 11.1 Å². The first kappa shape index (κ1) is 25.2. The van der Waals surface area contributed by atoms with Crippen LogP contribution in [0.3, 0.4) is 0 Å². The highest BCUT2D eigenvalue weighted by Crippen LogP contribution is 2.60. The van der Waals surface area contributed by atoms with Crippen LogP contribution in [-0.4, -0.2) is 22.6 Å². The highest BCUT2D eigenvalue weighted by molar-refractivity contribution is 7.55. The van der Waals surface area contributed by atoms with Crippen LogP contribution >= 0.6 is 16.3 Å². The summed E-state index contributed by atoms with van der Waals surface area (Å²) in [6.45, 7) is 9.66. The molecular formula is C32H44O2P2. The highest BCUT2D eigenvalue weighted by atomic mass is 31.1. The van der Waals surface area contributed by atoms with Crippen molar-refractivity contribution in [2.45, 2.75) is 127 Å². The smallest absolute Gasteiger partial charge is 0.131 e. The molecule has 4 aliphatic rings. The second kappa shape index (κ2) is 10.6. The van der Waals surface area contributed by atoms with Crippen molar-refractivity contribution in [2.24, 2.45) is 0 Å². The fraction of sp³-hybridized carbons (Fsp3) is 0.625. The van der Waals surface area contributed by atoms with E-state index in [1.807, 2.05) is 0 Å². The van der Waals surface area contributed by atoms with Gasteiger partial charge >= 0.3 is 0 Å². The summed E-state index contributed by atoms with van der Waals surface area (Å²) in [7, 11) is -0.897. The molecule has 0 saturated carbocycles. The number of aryl methyl sites for hydroxylation is 2. The van der Waals surface area contributed by atoms with Crippen LogP contribution in [0.4, 0.5) is 0 Å². The van der Waals surface area contributed by atoms with Crippen molar-refractivity contribution in [1.82, 2.24) is 0 Å². The van der Waals surface area contributed by atoms with E-state index in [1.54, 1.807) is 22.3 Å². The van der Waals surface area contributed by atoms with Crippen molar-refractivity contribution < 1.29 is 9.05 Å². The lowest BCUT2D eigenvalue weighted by Crippen LogP contribution is -2.12. The molecule has 6 rings (SSSR count). The minimum atomic E-state index is -0.449. The lowest BCUT2D eigenvalue weighted by atomic mass is 9.80. The van der Waals surface area contributed by atoms with Crippen LogP contribution in [0.5, 0.6) is 11.5 Å². The van der Waals surface area contributed by atoms with Crippen molar-refractivity contribution in [1.29, 1.82) is 0 Å². The summed E-state index contributed by atoms with van der Waals surface area (Å²) in [4.78, 5) is 0. The monoisotopic (exact) mass is 522 g/mol. The summed E-state index contributed by atoms with van der Waals surface area (Å²) in [6.07, 6.45) is 15.2. The molecule has 0 spiro atoms. The van der Waals surface area contributed by atoms with E-state index in [0.29, 0.717) is 22.6 Å². The van der Waals surface area contributed by atoms with Crippen LogP contribution in [0.15, 0.2) is 24.3 Å². The van der Waals surface area contributed by atoms with Crippen LogP contribution in [0, 0.1) is 0 Å². The molecule has 0 aromatic heterocycles. The molecule has 194 valence electrons. The molecule has 2 fully saturated rings. The molecule has 2 heterocycles. The zero-order chi connectivity index (χ0) is 24.8. The summed E-state index contributed by atoms with van der Waals surface area (Å²) in [6, 6.07) is 9.49. The maximum Gasteiger partial charge on any atom is 0.131 e. The third kappa shape index (κ3) is 4.64. The first-order valence-corrected chi connectivity index (χ1v) is 17.5. The predicted molar refractivity (Wildman–Crippen MR) is 157 cm³/mol. The van der Waals surface area contributed by atoms with E-state index in [9.17, 15) is 0 Å². The molecule has 2 aliphatic heterocycles. The lowest BCUT2D eigenvalue weighted by molar-refractivity contribution is 0.587. The third-order valence-electron chi connectivity index (χ3n) is 9.39. The van der Waals surface area contributed by atoms with E-state index < -0.39 is 16.3 Å². The third-order valence-corrected chi connectivity index (χ3v) is 14.7. The van der Waals surface area contributed by atoms with Gasteiger partial charge in [0.05, 0.1) is 16.3 Å². The molecule has 0 unspecified atom stereocenters. The van der Waals surface area contributed by atoms with Gasteiger partial charge in [-0.2, -0.15) is 0 Å². The van der Waals surface area contributed by atoms with Crippen molar-refractivity contribution in [3.63, 3.8) is 0 Å². The van der Waals surface area contributed by atoms with E-state index in [-0.39, 0.29) is 0 Å². The molecule has 0 bridgehead atoms. The van der Waals surface area contributed by atoms with Crippen LogP contribution in [0.1, 0.15) is 101 Å². The van der Waals surface area contributed by atoms with Crippen molar-refractivity contribution >= 4 is 16.3 Å². The van der Waals surface area contributed by atoms with Gasteiger partial charge in [-0.05, 0) is 111 Å². The summed E-state index contributed by atoms with van der Waals surface area (Å²) in [5, 5.41) is 0. The fourth-order valence-corrected chi connectivity index (χ4v) is 12.1. The van der Waals surface area contributed by atoms with Crippen molar-refractivity contribution in [3.8, 4) is 22.6 Å². The van der Waals surface area contributed by atoms with E-state index in [1.165, 1.54) is 88.2 Å². The lowest BCUT2D eigenvalue weighted by Gasteiger charge is -2.31. The molecule has 36 heavy (non-hydrogen) atoms. The van der Waals surface area contributed by atoms with Crippen molar-refractivity contribution in [2.75, 3.05) is 0 Å². The molecule has 4 heteroatoms. The fourth-order valence-electron chi connectivity index (χ4n) is 7.24. The molecule has 4 atom stereocenters. The Hall–Kier alpha value is -1.10. The van der Waals surface area contributed by atoms with E-state index >= 15 is 0 Å². The Morgan fingerprint density at radius 2 is 0.889 bits per heavy atom. The topological polar surface area (TPSA) is 18.5 Å². The van der Waals surface area contributed by atoms with Crippen LogP contribution < -0.4 is 9.05 Å². The van der Waals surface area contributed by atoms with Gasteiger partial charge in [0.2, 0.25) is 0 Å². The number of benzene rings is 2. The second-order valence-electron chi connectivity index (χ2n) is 12.0. The van der Waals surface area contributed by atoms with Crippen molar-refractivity contribution in [3.05, 3.63) is 46.5 Å². The number of rotatable bonds is 5. The Morgan fingerprint density at radius 1 is 0.528 bits per heavy atom. The van der Waals surface area contributed by atoms with Gasteiger partial charge in [0.1, 0.15) is 11.5 Å². The van der Waals surface area contributed by atoms with Gasteiger partial charge in [-0.3, -0.25) is 0 Å². The zero-order valence-corrected chi connectivity index (χ0v) is 24.6. The summed E-state index contributed by atoms with van der Waals surface area (Å²) >= 11 is 0. The molecule has 0 amide bonds. The normalized spacial score (nSPS) is 28.7. The molecule has 2 aliphatic carbocycles. The van der Waals surface area contributed by atoms with E-state index in [2.05, 4.69) is 52.0 Å². The molecule has 0 radical (unpaired) electrons. The van der Waals surface area contributed by atoms with Crippen LogP contribution in [-0.2, 0) is 25.7 Å². The Labute approximate surface area is 221 Å². The minimum absolute atomic E-state index is 0.449. The molecule has 2 aromatic carbocycles. The number of hydrogen-bond donors (Lipinski definition) is 0. The first-order valence-electron chi connectivity index (χ1n) is 14.7. The van der Waals surface area contributed by atoms with E-state index in [4.69, 9.17) is 9.05 Å². The average Bonchev–Trinajstić information content (AvgIpc) is 3.39. The Balaban J connectivity index is 1.52. The molecule has 2 saturated heterocycles. The molecule has 2 nitrogen and oxygen atoms in total. The minimum Gasteiger partial charge on any atom is -0.473 e. The molecular weight excluding hydrogens is 478 g/mol. The maximum absolute atomic E-state index is 7.12. The highest BCUT2D eigenvalue weighted by Gasteiger charge is 2.36. The zero-order valence-electron chi connectivity index (χ0n) is 22.8. The second-order valence-corrected chi connectivity index (χ2v) is 17.4. The Kier molecular flexibility index (Phi) is 7.40. The largest absolute Gasteiger partial charge is 0.473 e. The van der Waals surface area contributed by atoms with Gasteiger partial charge in [-0.1, -0.05) is 39.8 Å². The Morgan fingerprint density at radius 3 is 1.28 bits per heavy atom. The average molecular weight is 523 g/mol. The first-order chi connectivity index (χ1) is 17.5. The van der Waals surface area contributed by atoms with Crippen LogP contribution in [0.2, 0.25) is 0 Å². The standard InChI is InChI=1S/C32H44O2P2/c1-21-13-14-22(2)35(21)33-29-19-17-25-9-5-7-11-27(25)31(29)32-28-12-8-6-10-26(28)18-20-30(32)34-36-23(3)15-16-24(36)4/h17-24H,5-16H2,1-4H3/t21-,22-,23-,24-/m1/s1. The van der Waals surface area contributed by atoms with Gasteiger partial charge in [-0.15, -0.1) is 0 Å². The van der Waals surface area contributed by atoms with Gasteiger partial charge in [0, 0.05) is 33.8 Å². The maximum atomic E-state index is 7.12. The summed E-state index contributed by atoms with van der Waals surface area (Å²) < 4.78 is 14.2. The predicted octanol–water partition coefficient (Wildman–Crippen LogP) is 9.80. The van der Waals surface area contributed by atoms with Gasteiger partial charge in [0.15, 0.2) is 0 Å². The summed E-state index contributed by atoms with van der Waals surface area (Å²) in [5.74, 6) is 2.32. The van der Waals surface area contributed by atoms with Gasteiger partial charge in [-0.25, -0.2) is 0 Å². The molecule has 0 N–H and O–H groups in total. The number of fused-ring (bicyclic) bond motifs is 2. The molecule has 2 aromatic rings. The Bertz CT molecular complexity index is 1000. The SMILES string of the molecule is C[C@@H]1CC[C@@H](C)P1Oc1ccc2c(c1-c1c(OP3[C@H](C)CC[C@H]3C)ccc3c1CCCC3)CCCC2.